The van der Waals surface area contributed by atoms with Crippen LogP contribution >= 0.6 is 0 Å². The normalized spacial score (nSPS) is 47.2. The van der Waals surface area contributed by atoms with Gasteiger partial charge in [0.05, 0.1) is 0 Å². The summed E-state index contributed by atoms with van der Waals surface area (Å²) in [5, 5.41) is 0. The smallest absolute Gasteiger partial charge is 0.187 e. The van der Waals surface area contributed by atoms with Crippen LogP contribution in [0.2, 0.25) is 0 Å². The van der Waals surface area contributed by atoms with Crippen molar-refractivity contribution in [3.8, 4) is 0 Å². The highest BCUT2D eigenvalue weighted by molar-refractivity contribution is 5.32. The molecule has 4 saturated carbocycles. The van der Waals surface area contributed by atoms with Crippen LogP contribution < -0.4 is 0 Å². The van der Waals surface area contributed by atoms with Crippen LogP contribution in [0.15, 0.2) is 30.3 Å². The minimum atomic E-state index is -0.157. The summed E-state index contributed by atoms with van der Waals surface area (Å²) >= 11 is 0. The van der Waals surface area contributed by atoms with Gasteiger partial charge >= 0.3 is 0 Å². The molecule has 0 amide bonds. The van der Waals surface area contributed by atoms with E-state index in [0.29, 0.717) is 23.9 Å². The summed E-state index contributed by atoms with van der Waals surface area (Å²) in [5.74, 6) is 2.10. The number of benzene rings is 1. The molecule has 1 spiro atoms. The predicted octanol–water partition coefficient (Wildman–Crippen LogP) is 4.30. The van der Waals surface area contributed by atoms with Crippen LogP contribution in [0, 0.1) is 17.8 Å². The van der Waals surface area contributed by atoms with E-state index in [-0.39, 0.29) is 18.0 Å². The molecule has 1 heterocycles. The molecule has 0 radical (unpaired) electrons. The Bertz CT molecular complexity index is 611. The molecule has 0 aromatic heterocycles. The van der Waals surface area contributed by atoms with Gasteiger partial charge in [-0.2, -0.15) is 0 Å². The Morgan fingerprint density at radius 2 is 1.64 bits per heavy atom. The Labute approximate surface area is 151 Å². The highest BCUT2D eigenvalue weighted by Gasteiger charge is 2.72. The third-order valence-electron chi connectivity index (χ3n) is 7.54. The molecule has 25 heavy (non-hydrogen) atoms. The average Bonchev–Trinajstić information content (AvgIpc) is 2.62. The van der Waals surface area contributed by atoms with Crippen molar-refractivity contribution in [3.05, 3.63) is 35.9 Å². The number of hydrogen-bond acceptors (Lipinski definition) is 3. The molecule has 4 bridgehead atoms. The third-order valence-corrected chi connectivity index (χ3v) is 7.54. The first-order valence-corrected chi connectivity index (χ1v) is 10.2. The number of rotatable bonds is 5. The van der Waals surface area contributed by atoms with E-state index in [2.05, 4.69) is 37.3 Å². The molecule has 6 rings (SSSR count). The highest BCUT2D eigenvalue weighted by Crippen LogP contribution is 2.68. The van der Waals surface area contributed by atoms with Gasteiger partial charge in [-0.15, -0.1) is 0 Å². The van der Waals surface area contributed by atoms with Gasteiger partial charge in [-0.3, -0.25) is 0 Å². The van der Waals surface area contributed by atoms with E-state index in [4.69, 9.17) is 14.2 Å². The van der Waals surface area contributed by atoms with Crippen molar-refractivity contribution < 1.29 is 14.2 Å². The summed E-state index contributed by atoms with van der Waals surface area (Å²) in [6.45, 7) is 5.57. The molecule has 3 heteroatoms. The van der Waals surface area contributed by atoms with Crippen LogP contribution in [0.3, 0.4) is 0 Å². The second-order valence-corrected chi connectivity index (χ2v) is 8.66. The lowest BCUT2D eigenvalue weighted by atomic mass is 9.41. The summed E-state index contributed by atoms with van der Waals surface area (Å²) < 4.78 is 18.6. The van der Waals surface area contributed by atoms with Crippen molar-refractivity contribution in [1.82, 2.24) is 0 Å². The van der Waals surface area contributed by atoms with Gasteiger partial charge in [-0.1, -0.05) is 30.3 Å². The van der Waals surface area contributed by atoms with E-state index in [9.17, 15) is 0 Å². The standard InChI is InChI=1S/C22H30O3/c1-3-23-19-20(24-4-2)25-22(19)17-10-15-11-18(22)14-21(12-15,13-17)16-8-6-5-7-9-16/h5-9,15,17-20H,3-4,10-14H2,1-2H3/t15?,17-,18+,19-,20-,21?,22?/m1/s1. The van der Waals surface area contributed by atoms with Gasteiger partial charge < -0.3 is 14.2 Å². The molecule has 5 aliphatic rings. The summed E-state index contributed by atoms with van der Waals surface area (Å²) in [4.78, 5) is 0. The number of ether oxygens (including phenoxy) is 3. The Morgan fingerprint density at radius 1 is 0.960 bits per heavy atom. The first kappa shape index (κ1) is 16.3. The van der Waals surface area contributed by atoms with E-state index in [0.717, 1.165) is 12.5 Å². The summed E-state index contributed by atoms with van der Waals surface area (Å²) in [7, 11) is 0. The predicted molar refractivity (Wildman–Crippen MR) is 96.3 cm³/mol. The largest absolute Gasteiger partial charge is 0.370 e. The Hall–Kier alpha value is -0.900. The van der Waals surface area contributed by atoms with E-state index in [1.54, 1.807) is 5.56 Å². The molecular formula is C22H30O3. The van der Waals surface area contributed by atoms with Crippen molar-refractivity contribution in [3.63, 3.8) is 0 Å². The van der Waals surface area contributed by atoms with Crippen LogP contribution in [0.25, 0.3) is 0 Å². The molecular weight excluding hydrogens is 312 g/mol. The van der Waals surface area contributed by atoms with Crippen molar-refractivity contribution in [2.24, 2.45) is 17.8 Å². The quantitative estimate of drug-likeness (QED) is 0.798. The minimum Gasteiger partial charge on any atom is -0.370 e. The van der Waals surface area contributed by atoms with Crippen LogP contribution in [0.5, 0.6) is 0 Å². The Balaban J connectivity index is 1.47. The SMILES string of the molecule is CCO[C@@H]1OC2([C@@H]3CC4C[C@H]2CC(c2ccccc2)(C4)C3)[C@@H]1OCC. The van der Waals surface area contributed by atoms with Gasteiger partial charge in [0, 0.05) is 13.2 Å². The second-order valence-electron chi connectivity index (χ2n) is 8.66. The lowest BCUT2D eigenvalue weighted by molar-refractivity contribution is -0.429. The monoisotopic (exact) mass is 342 g/mol. The Morgan fingerprint density at radius 3 is 2.28 bits per heavy atom. The van der Waals surface area contributed by atoms with Gasteiger partial charge in [0.2, 0.25) is 0 Å². The molecule has 1 aromatic carbocycles. The highest BCUT2D eigenvalue weighted by atomic mass is 16.7. The topological polar surface area (TPSA) is 27.7 Å². The molecule has 3 nitrogen and oxygen atoms in total. The van der Waals surface area contributed by atoms with Crippen LogP contribution in [-0.2, 0) is 19.6 Å². The van der Waals surface area contributed by atoms with Crippen LogP contribution in [0.1, 0.15) is 51.5 Å². The molecule has 7 atom stereocenters. The van der Waals surface area contributed by atoms with E-state index in [1.807, 2.05) is 6.92 Å². The van der Waals surface area contributed by atoms with Crippen molar-refractivity contribution in [1.29, 1.82) is 0 Å². The average molecular weight is 342 g/mol. The first-order valence-electron chi connectivity index (χ1n) is 10.2. The summed E-state index contributed by atoms with van der Waals surface area (Å²) in [6, 6.07) is 11.3. The maximum absolute atomic E-state index is 6.54. The Kier molecular flexibility index (Phi) is 3.78. The third kappa shape index (κ3) is 2.15. The molecule has 5 fully saturated rings. The van der Waals surface area contributed by atoms with Crippen LogP contribution in [-0.4, -0.2) is 31.2 Å². The maximum Gasteiger partial charge on any atom is 0.187 e. The summed E-state index contributed by atoms with van der Waals surface area (Å²) in [6.07, 6.45) is 6.48. The van der Waals surface area contributed by atoms with Gasteiger partial charge in [0.15, 0.2) is 6.29 Å². The molecule has 1 aliphatic heterocycles. The second kappa shape index (κ2) is 5.80. The molecule has 136 valence electrons. The maximum atomic E-state index is 6.54. The van der Waals surface area contributed by atoms with Crippen molar-refractivity contribution >= 4 is 0 Å². The number of hydrogen-bond donors (Lipinski definition) is 0. The minimum absolute atomic E-state index is 0.0783. The zero-order chi connectivity index (χ0) is 17.1. The zero-order valence-corrected chi connectivity index (χ0v) is 15.4. The van der Waals surface area contributed by atoms with Crippen molar-refractivity contribution in [2.75, 3.05) is 13.2 Å². The van der Waals surface area contributed by atoms with Gasteiger partial charge in [0.1, 0.15) is 11.7 Å². The fourth-order valence-corrected chi connectivity index (χ4v) is 6.95. The molecule has 1 aromatic rings. The molecule has 3 unspecified atom stereocenters. The fraction of sp³-hybridized carbons (Fsp3) is 0.727. The van der Waals surface area contributed by atoms with E-state index in [1.165, 1.54) is 32.1 Å². The van der Waals surface area contributed by atoms with Gasteiger partial charge in [-0.25, -0.2) is 0 Å². The zero-order valence-electron chi connectivity index (χ0n) is 15.4. The summed E-state index contributed by atoms with van der Waals surface area (Å²) in [5.41, 5.74) is 1.85. The van der Waals surface area contributed by atoms with E-state index >= 15 is 0 Å². The van der Waals surface area contributed by atoms with Crippen LogP contribution in [0.4, 0.5) is 0 Å². The van der Waals surface area contributed by atoms with Gasteiger partial charge in [-0.05, 0) is 74.7 Å². The van der Waals surface area contributed by atoms with Gasteiger partial charge in [0.25, 0.3) is 0 Å². The lowest BCUT2D eigenvalue weighted by Crippen LogP contribution is -2.78. The van der Waals surface area contributed by atoms with Crippen molar-refractivity contribution in [2.45, 2.75) is 69.4 Å². The molecule has 0 N–H and O–H groups in total. The molecule has 1 saturated heterocycles. The molecule has 4 aliphatic carbocycles. The van der Waals surface area contributed by atoms with E-state index < -0.39 is 0 Å². The lowest BCUT2D eigenvalue weighted by Gasteiger charge is -2.71. The first-order chi connectivity index (χ1) is 12.2. The fourth-order valence-electron chi connectivity index (χ4n) is 6.95.